The van der Waals surface area contributed by atoms with Gasteiger partial charge in [-0.2, -0.15) is 9.78 Å². The van der Waals surface area contributed by atoms with Crippen LogP contribution in [0.15, 0.2) is 28.4 Å². The molecule has 7 nitrogen and oxygen atoms in total. The zero-order valence-electron chi connectivity index (χ0n) is 13.0. The Labute approximate surface area is 141 Å². The highest BCUT2D eigenvalue weighted by atomic mass is 32.1. The predicted octanol–water partition coefficient (Wildman–Crippen LogP) is 2.13. The number of hydrogen-bond acceptors (Lipinski definition) is 5. The largest absolute Gasteiger partial charge is 0.311 e. The summed E-state index contributed by atoms with van der Waals surface area (Å²) in [6, 6.07) is 5.67. The third-order valence-corrected chi connectivity index (χ3v) is 4.81. The lowest BCUT2D eigenvalue weighted by molar-refractivity contribution is -0.114. The van der Waals surface area contributed by atoms with Gasteiger partial charge in [-0.1, -0.05) is 6.07 Å². The van der Waals surface area contributed by atoms with Crippen LogP contribution >= 0.6 is 11.3 Å². The van der Waals surface area contributed by atoms with E-state index in [1.54, 1.807) is 17.4 Å². The predicted molar refractivity (Wildman–Crippen MR) is 91.6 cm³/mol. The molecule has 3 aromatic heterocycles. The Balaban J connectivity index is 1.86. The van der Waals surface area contributed by atoms with E-state index in [9.17, 15) is 9.59 Å². The van der Waals surface area contributed by atoms with Gasteiger partial charge in [0.1, 0.15) is 11.5 Å². The lowest BCUT2D eigenvalue weighted by Gasteiger charge is -2.07. The van der Waals surface area contributed by atoms with E-state index >= 15 is 0 Å². The van der Waals surface area contributed by atoms with Crippen LogP contribution in [0.1, 0.15) is 24.6 Å². The molecule has 0 atom stereocenters. The van der Waals surface area contributed by atoms with Crippen LogP contribution < -0.4 is 10.9 Å². The van der Waals surface area contributed by atoms with Crippen molar-refractivity contribution in [1.82, 2.24) is 19.7 Å². The maximum absolute atomic E-state index is 12.3. The molecule has 0 fully saturated rings. The number of carbonyl (C=O) groups is 1. The highest BCUT2D eigenvalue weighted by molar-refractivity contribution is 7.13. The Hall–Kier alpha value is -2.74. The number of aryl methyl sites for hydroxylation is 1. The number of fused-ring (bicyclic) bond motifs is 1. The minimum absolute atomic E-state index is 0.130. The van der Waals surface area contributed by atoms with Crippen LogP contribution in [0.3, 0.4) is 0 Å². The van der Waals surface area contributed by atoms with Gasteiger partial charge in [0, 0.05) is 18.6 Å². The first-order valence-corrected chi connectivity index (χ1v) is 8.54. The second-order valence-corrected chi connectivity index (χ2v) is 6.60. The van der Waals surface area contributed by atoms with Crippen molar-refractivity contribution in [3.8, 4) is 16.5 Å². The quantitative estimate of drug-likeness (QED) is 0.763. The number of nitrogens with one attached hydrogen (secondary N) is 2. The third kappa shape index (κ3) is 2.54. The Kier molecular flexibility index (Phi) is 3.53. The summed E-state index contributed by atoms with van der Waals surface area (Å²) in [5.74, 6) is 0.594. The average Bonchev–Trinajstić information content (AvgIpc) is 3.26. The van der Waals surface area contributed by atoms with E-state index in [4.69, 9.17) is 0 Å². The lowest BCUT2D eigenvalue weighted by atomic mass is 10.3. The van der Waals surface area contributed by atoms with Gasteiger partial charge in [0.25, 0.3) is 5.56 Å². The number of H-pyrrole nitrogens is 1. The number of nitrogens with zero attached hydrogens (tertiary/aromatic N) is 3. The number of aromatic nitrogens is 4. The van der Waals surface area contributed by atoms with Gasteiger partial charge < -0.3 is 5.32 Å². The summed E-state index contributed by atoms with van der Waals surface area (Å²) in [7, 11) is 0. The molecule has 8 heteroatoms. The number of thiophene rings is 1. The first-order valence-electron chi connectivity index (χ1n) is 7.66. The summed E-state index contributed by atoms with van der Waals surface area (Å²) in [6.07, 6.45) is 2.49. The summed E-state index contributed by atoms with van der Waals surface area (Å²) in [5.41, 5.74) is 2.16. The molecular formula is C16H15N5O2S. The number of rotatable bonds is 3. The molecule has 0 aromatic carbocycles. The second-order valence-electron chi connectivity index (χ2n) is 5.65. The molecule has 0 saturated carbocycles. The minimum Gasteiger partial charge on any atom is -0.311 e. The van der Waals surface area contributed by atoms with Crippen molar-refractivity contribution in [2.24, 2.45) is 0 Å². The monoisotopic (exact) mass is 341 g/mol. The molecule has 1 amide bonds. The average molecular weight is 341 g/mol. The van der Waals surface area contributed by atoms with Crippen molar-refractivity contribution in [2.45, 2.75) is 26.2 Å². The summed E-state index contributed by atoms with van der Waals surface area (Å²) in [5, 5.41) is 9.23. The molecule has 0 bridgehead atoms. The van der Waals surface area contributed by atoms with Crippen molar-refractivity contribution < 1.29 is 4.79 Å². The van der Waals surface area contributed by atoms with Crippen LogP contribution in [0, 0.1) is 0 Å². The van der Waals surface area contributed by atoms with E-state index in [1.807, 2.05) is 17.5 Å². The van der Waals surface area contributed by atoms with Crippen molar-refractivity contribution in [1.29, 1.82) is 0 Å². The number of aromatic amines is 1. The Morgan fingerprint density at radius 3 is 3.04 bits per heavy atom. The summed E-state index contributed by atoms with van der Waals surface area (Å²) >= 11 is 1.55. The van der Waals surface area contributed by atoms with Crippen LogP contribution in [-0.4, -0.2) is 25.7 Å². The van der Waals surface area contributed by atoms with Gasteiger partial charge in [0.2, 0.25) is 11.9 Å². The maximum Gasteiger partial charge on any atom is 0.255 e. The third-order valence-electron chi connectivity index (χ3n) is 3.92. The van der Waals surface area contributed by atoms with E-state index in [2.05, 4.69) is 20.4 Å². The molecule has 122 valence electrons. The number of carbonyl (C=O) groups excluding carboxylic acids is 1. The molecule has 1 aliphatic carbocycles. The first-order chi connectivity index (χ1) is 11.6. The molecule has 0 spiro atoms. The molecule has 2 N–H and O–H groups in total. The molecule has 4 rings (SSSR count). The van der Waals surface area contributed by atoms with Crippen LogP contribution in [-0.2, 0) is 17.6 Å². The summed E-state index contributed by atoms with van der Waals surface area (Å²) < 4.78 is 1.48. The van der Waals surface area contributed by atoms with E-state index in [0.29, 0.717) is 11.8 Å². The fourth-order valence-corrected chi connectivity index (χ4v) is 3.57. The van der Waals surface area contributed by atoms with Gasteiger partial charge in [-0.3, -0.25) is 14.6 Å². The molecule has 0 radical (unpaired) electrons. The van der Waals surface area contributed by atoms with E-state index < -0.39 is 0 Å². The SMILES string of the molecule is CC(=O)Nc1cc(-c2cccs2)nn1-c1nc2c(c(=O)[nH]1)CCC2. The first kappa shape index (κ1) is 14.8. The van der Waals surface area contributed by atoms with Gasteiger partial charge >= 0.3 is 0 Å². The van der Waals surface area contributed by atoms with E-state index in [0.717, 1.165) is 41.1 Å². The number of anilines is 1. The summed E-state index contributed by atoms with van der Waals surface area (Å²) in [4.78, 5) is 32.1. The van der Waals surface area contributed by atoms with Crippen LogP contribution in [0.2, 0.25) is 0 Å². The fraction of sp³-hybridized carbons (Fsp3) is 0.250. The zero-order chi connectivity index (χ0) is 16.7. The van der Waals surface area contributed by atoms with Crippen LogP contribution in [0.5, 0.6) is 0 Å². The number of amides is 1. The zero-order valence-corrected chi connectivity index (χ0v) is 13.8. The van der Waals surface area contributed by atoms with Crippen LogP contribution in [0.4, 0.5) is 5.82 Å². The van der Waals surface area contributed by atoms with Gasteiger partial charge in [-0.05, 0) is 30.7 Å². The maximum atomic E-state index is 12.3. The molecule has 0 aliphatic heterocycles. The van der Waals surface area contributed by atoms with Crippen LogP contribution in [0.25, 0.3) is 16.5 Å². The van der Waals surface area contributed by atoms with Gasteiger partial charge in [-0.15, -0.1) is 11.3 Å². The van der Waals surface area contributed by atoms with Gasteiger partial charge in [-0.25, -0.2) is 4.98 Å². The molecular weight excluding hydrogens is 326 g/mol. The normalized spacial score (nSPS) is 13.0. The lowest BCUT2D eigenvalue weighted by Crippen LogP contribution is -2.20. The summed E-state index contributed by atoms with van der Waals surface area (Å²) in [6.45, 7) is 1.43. The molecule has 3 heterocycles. The Bertz CT molecular complexity index is 971. The topological polar surface area (TPSA) is 92.7 Å². The highest BCUT2D eigenvalue weighted by Gasteiger charge is 2.20. The minimum atomic E-state index is -0.211. The number of hydrogen-bond donors (Lipinski definition) is 2. The molecule has 24 heavy (non-hydrogen) atoms. The molecule has 0 saturated heterocycles. The van der Waals surface area contributed by atoms with Gasteiger partial charge in [0.15, 0.2) is 0 Å². The van der Waals surface area contributed by atoms with Crippen molar-refractivity contribution >= 4 is 23.1 Å². The van der Waals surface area contributed by atoms with Crippen molar-refractivity contribution in [2.75, 3.05) is 5.32 Å². The van der Waals surface area contributed by atoms with E-state index in [-0.39, 0.29) is 11.5 Å². The fourth-order valence-electron chi connectivity index (χ4n) is 2.89. The van der Waals surface area contributed by atoms with Crippen molar-refractivity contribution in [3.05, 3.63) is 45.2 Å². The van der Waals surface area contributed by atoms with Crippen molar-refractivity contribution in [3.63, 3.8) is 0 Å². The Morgan fingerprint density at radius 2 is 2.29 bits per heavy atom. The second kappa shape index (κ2) is 5.72. The molecule has 3 aromatic rings. The highest BCUT2D eigenvalue weighted by Crippen LogP contribution is 2.27. The standard InChI is InChI=1S/C16H15N5O2S/c1-9(22)17-14-8-12(13-6-3-7-24-13)20-21(14)16-18-11-5-2-4-10(11)15(23)19-16/h3,6-8H,2,4-5H2,1H3,(H,17,22)(H,18,19,23). The Morgan fingerprint density at radius 1 is 1.42 bits per heavy atom. The van der Waals surface area contributed by atoms with E-state index in [1.165, 1.54) is 11.6 Å². The molecule has 1 aliphatic rings. The van der Waals surface area contributed by atoms with Gasteiger partial charge in [0.05, 0.1) is 10.6 Å². The molecule has 0 unspecified atom stereocenters. The smallest absolute Gasteiger partial charge is 0.255 e.